The quantitative estimate of drug-likeness (QED) is 0.751. The third kappa shape index (κ3) is 3.33. The highest BCUT2D eigenvalue weighted by Crippen LogP contribution is 2.26. The van der Waals surface area contributed by atoms with Gasteiger partial charge in [0.25, 0.3) is 0 Å². The summed E-state index contributed by atoms with van der Waals surface area (Å²) in [7, 11) is 0. The fourth-order valence-electron chi connectivity index (χ4n) is 2.28. The molecule has 0 aliphatic heterocycles. The molecular weight excluding hydrogens is 304 g/mol. The maximum atomic E-state index is 9.07. The number of para-hydroxylation sites is 1. The van der Waals surface area contributed by atoms with E-state index in [9.17, 15) is 0 Å². The number of hydrogen-bond donors (Lipinski definition) is 1. The van der Waals surface area contributed by atoms with Crippen LogP contribution in [0.4, 0.5) is 5.69 Å². The molecule has 7 nitrogen and oxygen atoms in total. The lowest BCUT2D eigenvalue weighted by molar-refractivity contribution is 0.341. The van der Waals surface area contributed by atoms with Crippen molar-refractivity contribution in [2.45, 2.75) is 13.5 Å². The minimum Gasteiger partial charge on any atom is -0.492 e. The van der Waals surface area contributed by atoms with E-state index in [4.69, 9.17) is 10.00 Å². The molecule has 0 aliphatic rings. The normalized spacial score (nSPS) is 10.2. The molecule has 0 saturated carbocycles. The third-order valence-corrected chi connectivity index (χ3v) is 3.38. The highest BCUT2D eigenvalue weighted by Gasteiger charge is 2.10. The molecule has 0 unspecified atom stereocenters. The third-order valence-electron chi connectivity index (χ3n) is 3.38. The Balaban J connectivity index is 1.82. The Morgan fingerprint density at radius 1 is 1.21 bits per heavy atom. The number of hydrogen-bond acceptors (Lipinski definition) is 6. The summed E-state index contributed by atoms with van der Waals surface area (Å²) in [6.07, 6.45) is 0. The number of anilines is 1. The van der Waals surface area contributed by atoms with Gasteiger partial charge in [0.1, 0.15) is 5.75 Å². The molecule has 0 bridgehead atoms. The Bertz CT molecular complexity index is 853. The summed E-state index contributed by atoms with van der Waals surface area (Å²) in [4.78, 5) is 0. The van der Waals surface area contributed by atoms with Crippen molar-refractivity contribution in [2.24, 2.45) is 0 Å². The number of tetrazole rings is 1. The molecule has 0 fully saturated rings. The number of nitrogens with one attached hydrogen (secondary N) is 1. The van der Waals surface area contributed by atoms with Crippen LogP contribution in [0.3, 0.4) is 0 Å². The van der Waals surface area contributed by atoms with Crippen LogP contribution < -0.4 is 10.1 Å². The van der Waals surface area contributed by atoms with Gasteiger partial charge in [-0.25, -0.2) is 0 Å². The van der Waals surface area contributed by atoms with Gasteiger partial charge in [-0.05, 0) is 47.7 Å². The Morgan fingerprint density at radius 2 is 2.04 bits per heavy atom. The Morgan fingerprint density at radius 3 is 2.79 bits per heavy atom. The first-order valence-corrected chi connectivity index (χ1v) is 7.55. The molecular formula is C17H16N6O. The van der Waals surface area contributed by atoms with Crippen molar-refractivity contribution in [3.8, 4) is 17.5 Å². The smallest absolute Gasteiger partial charge is 0.175 e. The zero-order valence-corrected chi connectivity index (χ0v) is 13.2. The number of rotatable bonds is 6. The maximum Gasteiger partial charge on any atom is 0.175 e. The van der Waals surface area contributed by atoms with Gasteiger partial charge in [-0.1, -0.05) is 18.2 Å². The van der Waals surface area contributed by atoms with Gasteiger partial charge in [0, 0.05) is 0 Å². The minimum atomic E-state index is 0.400. The van der Waals surface area contributed by atoms with Gasteiger partial charge < -0.3 is 10.1 Å². The van der Waals surface area contributed by atoms with E-state index in [1.165, 1.54) is 0 Å². The summed E-state index contributed by atoms with van der Waals surface area (Å²) in [5, 5.41) is 24.1. The van der Waals surface area contributed by atoms with Crippen molar-refractivity contribution in [3.05, 3.63) is 59.9 Å². The van der Waals surface area contributed by atoms with E-state index in [1.807, 2.05) is 37.3 Å². The standard InChI is InChI=1S/C17H16N6O/c1-2-24-16-9-8-13(11-18)10-15(16)19-12-17-20-21-22-23(17)14-6-4-3-5-7-14/h3-10,19H,2,12H2,1H3. The Labute approximate surface area is 139 Å². The number of nitriles is 1. The molecule has 3 rings (SSSR count). The van der Waals surface area contributed by atoms with Crippen LogP contribution in [-0.4, -0.2) is 26.8 Å². The van der Waals surface area contributed by atoms with Crippen molar-refractivity contribution < 1.29 is 4.74 Å². The first-order chi connectivity index (χ1) is 11.8. The second kappa shape index (κ2) is 7.24. The topological polar surface area (TPSA) is 88.7 Å². The first-order valence-electron chi connectivity index (χ1n) is 7.55. The van der Waals surface area contributed by atoms with Gasteiger partial charge in [0.2, 0.25) is 0 Å². The number of benzene rings is 2. The summed E-state index contributed by atoms with van der Waals surface area (Å²) in [5.74, 6) is 1.35. The molecule has 0 saturated heterocycles. The minimum absolute atomic E-state index is 0.400. The van der Waals surface area contributed by atoms with Crippen molar-refractivity contribution >= 4 is 5.69 Å². The Hall–Kier alpha value is -3.40. The van der Waals surface area contributed by atoms with Crippen molar-refractivity contribution in [1.82, 2.24) is 20.2 Å². The zero-order chi connectivity index (χ0) is 16.8. The van der Waals surface area contributed by atoms with E-state index in [0.29, 0.717) is 30.3 Å². The van der Waals surface area contributed by atoms with Gasteiger partial charge in [-0.3, -0.25) is 0 Å². The van der Waals surface area contributed by atoms with Crippen molar-refractivity contribution in [2.75, 3.05) is 11.9 Å². The maximum absolute atomic E-state index is 9.07. The predicted octanol–water partition coefficient (Wildman–Crippen LogP) is 2.54. The first kappa shape index (κ1) is 15.5. The van der Waals surface area contributed by atoms with Gasteiger partial charge in [-0.2, -0.15) is 9.94 Å². The summed E-state index contributed by atoms with van der Waals surface area (Å²) >= 11 is 0. The largest absolute Gasteiger partial charge is 0.492 e. The second-order valence-corrected chi connectivity index (χ2v) is 4.95. The molecule has 24 heavy (non-hydrogen) atoms. The van der Waals surface area contributed by atoms with Crippen LogP contribution >= 0.6 is 0 Å². The van der Waals surface area contributed by atoms with Crippen LogP contribution in [0.5, 0.6) is 5.75 Å². The zero-order valence-electron chi connectivity index (χ0n) is 13.2. The summed E-state index contributed by atoms with van der Waals surface area (Å²) in [6, 6.07) is 17.0. The van der Waals surface area contributed by atoms with Crippen LogP contribution in [-0.2, 0) is 6.54 Å². The van der Waals surface area contributed by atoms with E-state index in [1.54, 1.807) is 22.9 Å². The molecule has 0 aliphatic carbocycles. The van der Waals surface area contributed by atoms with Crippen LogP contribution in [0.1, 0.15) is 18.3 Å². The lowest BCUT2D eigenvalue weighted by Crippen LogP contribution is -2.09. The summed E-state index contributed by atoms with van der Waals surface area (Å²) in [5.41, 5.74) is 2.18. The van der Waals surface area contributed by atoms with E-state index >= 15 is 0 Å². The summed E-state index contributed by atoms with van der Waals surface area (Å²) < 4.78 is 7.26. The molecule has 0 spiro atoms. The van der Waals surface area contributed by atoms with Crippen LogP contribution in [0.2, 0.25) is 0 Å². The molecule has 1 N–H and O–H groups in total. The Kier molecular flexibility index (Phi) is 4.68. The van der Waals surface area contributed by atoms with E-state index in [-0.39, 0.29) is 0 Å². The summed E-state index contributed by atoms with van der Waals surface area (Å²) in [6.45, 7) is 2.86. The average Bonchev–Trinajstić information content (AvgIpc) is 3.10. The average molecular weight is 320 g/mol. The second-order valence-electron chi connectivity index (χ2n) is 4.95. The molecule has 7 heteroatoms. The molecule has 0 radical (unpaired) electrons. The van der Waals surface area contributed by atoms with Crippen molar-refractivity contribution in [1.29, 1.82) is 5.26 Å². The number of ether oxygens (including phenoxy) is 1. The molecule has 3 aromatic rings. The molecule has 2 aromatic carbocycles. The van der Waals surface area contributed by atoms with Crippen LogP contribution in [0.25, 0.3) is 5.69 Å². The molecule has 0 atom stereocenters. The molecule has 120 valence electrons. The predicted molar refractivity (Wildman–Crippen MR) is 88.8 cm³/mol. The highest BCUT2D eigenvalue weighted by molar-refractivity contribution is 5.60. The van der Waals surface area contributed by atoms with Gasteiger partial charge in [-0.15, -0.1) is 5.10 Å². The van der Waals surface area contributed by atoms with Crippen molar-refractivity contribution in [3.63, 3.8) is 0 Å². The monoisotopic (exact) mass is 320 g/mol. The van der Waals surface area contributed by atoms with E-state index < -0.39 is 0 Å². The van der Waals surface area contributed by atoms with Gasteiger partial charge in [0.05, 0.1) is 36.2 Å². The number of nitrogens with zero attached hydrogens (tertiary/aromatic N) is 5. The molecule has 0 amide bonds. The van der Waals surface area contributed by atoms with Gasteiger partial charge in [0.15, 0.2) is 5.82 Å². The van der Waals surface area contributed by atoms with E-state index in [2.05, 4.69) is 26.9 Å². The highest BCUT2D eigenvalue weighted by atomic mass is 16.5. The van der Waals surface area contributed by atoms with E-state index in [0.717, 1.165) is 11.4 Å². The lowest BCUT2D eigenvalue weighted by Gasteiger charge is -2.12. The lowest BCUT2D eigenvalue weighted by atomic mass is 10.2. The van der Waals surface area contributed by atoms with Gasteiger partial charge >= 0.3 is 0 Å². The van der Waals surface area contributed by atoms with Crippen LogP contribution in [0.15, 0.2) is 48.5 Å². The number of aromatic nitrogens is 4. The van der Waals surface area contributed by atoms with Crippen LogP contribution in [0, 0.1) is 11.3 Å². The molecule has 1 aromatic heterocycles. The SMILES string of the molecule is CCOc1ccc(C#N)cc1NCc1nnnn1-c1ccccc1. The molecule has 1 heterocycles. The fourth-order valence-corrected chi connectivity index (χ4v) is 2.28. The fraction of sp³-hybridized carbons (Fsp3) is 0.176.